The van der Waals surface area contributed by atoms with Gasteiger partial charge in [-0.3, -0.25) is 5.41 Å². The molecule has 0 saturated carbocycles. The van der Waals surface area contributed by atoms with Crippen molar-refractivity contribution in [3.05, 3.63) is 13.8 Å². The topological polar surface area (TPSA) is 0 Å². The van der Waals surface area contributed by atoms with E-state index in [4.69, 9.17) is 0 Å². The minimum atomic E-state index is 0. The summed E-state index contributed by atoms with van der Waals surface area (Å²) in [5, 5.41) is 0. The Bertz CT molecular complexity index is 19.4. The second kappa shape index (κ2) is 2.80. The van der Waals surface area contributed by atoms with Crippen LogP contribution in [0.4, 0.5) is 0 Å². The molecule has 0 radical (unpaired) electrons. The van der Waals surface area contributed by atoms with Crippen molar-refractivity contribution in [1.82, 2.24) is 0 Å². The molecule has 0 saturated heterocycles. The molecule has 0 spiro atoms. The van der Waals surface area contributed by atoms with Crippen LogP contribution in [-0.2, 0) is 21.1 Å². The zero-order chi connectivity index (χ0) is 4.50. The second-order valence-corrected chi connectivity index (χ2v) is 2.16. The Morgan fingerprint density at radius 2 is 1.17 bits per heavy atom. The first kappa shape index (κ1) is 9.85. The van der Waals surface area contributed by atoms with Crippen LogP contribution < -0.4 is 0 Å². The summed E-state index contributed by atoms with van der Waals surface area (Å²) in [4.78, 5) is 0. The van der Waals surface area contributed by atoms with Gasteiger partial charge in [-0.2, -0.15) is 0 Å². The molecule has 0 heterocycles. The fourth-order valence-corrected chi connectivity index (χ4v) is 0. The van der Waals surface area contributed by atoms with E-state index in [1.54, 1.807) is 0 Å². The van der Waals surface area contributed by atoms with Crippen molar-refractivity contribution in [2.45, 2.75) is 13.8 Å². The van der Waals surface area contributed by atoms with Gasteiger partial charge in [0.2, 0.25) is 0 Å². The van der Waals surface area contributed by atoms with Crippen LogP contribution in [0.1, 0.15) is 13.8 Å². The fraction of sp³-hybridized carbons (Fsp3) is 0.600. The molecule has 36 valence electrons. The van der Waals surface area contributed by atoms with Gasteiger partial charge in [-0.1, -0.05) is 0 Å². The molecule has 0 nitrogen and oxygen atoms in total. The Hall–Kier alpha value is 0.688. The molecule has 1 heteroatoms. The molecule has 0 rings (SSSR count). The van der Waals surface area contributed by atoms with Crippen molar-refractivity contribution >= 4 is 0 Å². The van der Waals surface area contributed by atoms with Gasteiger partial charge in [0.1, 0.15) is 0 Å². The maximum Gasteiger partial charge on any atom is 2.00 e. The Morgan fingerprint density at radius 1 is 1.17 bits per heavy atom. The van der Waals surface area contributed by atoms with E-state index < -0.39 is 0 Å². The molecular formula is C5H10W. The van der Waals surface area contributed by atoms with E-state index in [0.29, 0.717) is 0 Å². The summed E-state index contributed by atoms with van der Waals surface area (Å²) >= 11 is 0. The number of hydrogen-bond acceptors (Lipinski definition) is 0. The number of hydrogen-bond donors (Lipinski definition) is 0. The third-order valence-corrected chi connectivity index (χ3v) is 0. The Kier molecular flexibility index (Phi) is 4.59. The molecule has 0 aromatic heterocycles. The van der Waals surface area contributed by atoms with E-state index in [0.717, 1.165) is 0 Å². The first-order valence-corrected chi connectivity index (χ1v) is 1.71. The van der Waals surface area contributed by atoms with Gasteiger partial charge in [-0.15, -0.1) is 13.8 Å². The second-order valence-electron chi connectivity index (χ2n) is 2.16. The van der Waals surface area contributed by atoms with Gasteiger partial charge in [0, 0.05) is 0 Å². The third-order valence-electron chi connectivity index (χ3n) is 0. The minimum Gasteiger partial charge on any atom is -0.367 e. The molecule has 0 aliphatic heterocycles. The quantitative estimate of drug-likeness (QED) is 0.577. The summed E-state index contributed by atoms with van der Waals surface area (Å²) in [5.74, 6) is 0. The van der Waals surface area contributed by atoms with E-state index in [1.807, 2.05) is 13.8 Å². The van der Waals surface area contributed by atoms with E-state index in [-0.39, 0.29) is 26.5 Å². The monoisotopic (exact) mass is 254 g/mol. The predicted octanol–water partition coefficient (Wildman–Crippen LogP) is 1.68. The third kappa shape index (κ3) is 135. The van der Waals surface area contributed by atoms with Crippen molar-refractivity contribution < 1.29 is 21.1 Å². The molecule has 0 aromatic rings. The standard InChI is InChI=1S/C5H10.W/c1-5(2,3)4;/h1-2H2,3-4H3;/q-2;+2. The van der Waals surface area contributed by atoms with Crippen LogP contribution in [0.5, 0.6) is 0 Å². The van der Waals surface area contributed by atoms with E-state index in [2.05, 4.69) is 13.8 Å². The van der Waals surface area contributed by atoms with Crippen LogP contribution in [-0.4, -0.2) is 0 Å². The van der Waals surface area contributed by atoms with Crippen molar-refractivity contribution in [2.24, 2.45) is 5.41 Å². The first-order valence-electron chi connectivity index (χ1n) is 1.71. The molecule has 0 bridgehead atoms. The largest absolute Gasteiger partial charge is 2.00 e. The Balaban J connectivity index is 0. The summed E-state index contributed by atoms with van der Waals surface area (Å²) in [6, 6.07) is 0. The van der Waals surface area contributed by atoms with Crippen molar-refractivity contribution in [2.75, 3.05) is 0 Å². The normalized spacial score (nSPS) is 10.0. The zero-order valence-electron chi connectivity index (χ0n) is 4.32. The van der Waals surface area contributed by atoms with Gasteiger partial charge in [0.05, 0.1) is 0 Å². The maximum absolute atomic E-state index is 3.66. The Labute approximate surface area is 54.6 Å². The van der Waals surface area contributed by atoms with Gasteiger partial charge in [-0.25, -0.2) is 0 Å². The predicted molar refractivity (Wildman–Crippen MR) is 24.5 cm³/mol. The summed E-state index contributed by atoms with van der Waals surface area (Å²) in [5.41, 5.74) is 0. The van der Waals surface area contributed by atoms with Gasteiger partial charge in [0.15, 0.2) is 0 Å². The van der Waals surface area contributed by atoms with Crippen LogP contribution in [0.2, 0.25) is 0 Å². The van der Waals surface area contributed by atoms with Gasteiger partial charge >= 0.3 is 21.1 Å². The average molecular weight is 254 g/mol. The van der Waals surface area contributed by atoms with Crippen LogP contribution in [0, 0.1) is 19.3 Å². The Morgan fingerprint density at radius 3 is 1.17 bits per heavy atom. The first-order chi connectivity index (χ1) is 2.00. The zero-order valence-corrected chi connectivity index (χ0v) is 7.26. The van der Waals surface area contributed by atoms with E-state index >= 15 is 0 Å². The molecule has 0 aliphatic rings. The summed E-state index contributed by atoms with van der Waals surface area (Å²) in [6.07, 6.45) is 0. The molecular weight excluding hydrogens is 244 g/mol. The minimum absolute atomic E-state index is 0. The molecule has 0 atom stereocenters. The van der Waals surface area contributed by atoms with E-state index in [1.165, 1.54) is 0 Å². The average Bonchev–Trinajstić information content (AvgIpc) is 0.722. The molecule has 6 heavy (non-hydrogen) atoms. The van der Waals surface area contributed by atoms with Crippen molar-refractivity contribution in [3.63, 3.8) is 0 Å². The maximum atomic E-state index is 3.66. The molecule has 0 N–H and O–H groups in total. The number of rotatable bonds is 0. The van der Waals surface area contributed by atoms with Crippen LogP contribution in [0.3, 0.4) is 0 Å². The summed E-state index contributed by atoms with van der Waals surface area (Å²) in [7, 11) is 0. The van der Waals surface area contributed by atoms with Crippen LogP contribution >= 0.6 is 0 Å². The van der Waals surface area contributed by atoms with Gasteiger partial charge in [0.25, 0.3) is 0 Å². The molecule has 0 fully saturated rings. The molecule has 0 unspecified atom stereocenters. The van der Waals surface area contributed by atoms with Gasteiger partial charge < -0.3 is 13.8 Å². The fourth-order valence-electron chi connectivity index (χ4n) is 0. The van der Waals surface area contributed by atoms with Crippen molar-refractivity contribution in [3.8, 4) is 0 Å². The molecule has 0 aromatic carbocycles. The summed E-state index contributed by atoms with van der Waals surface area (Å²) in [6.45, 7) is 11.2. The molecule has 0 aliphatic carbocycles. The van der Waals surface area contributed by atoms with Crippen LogP contribution in [0.25, 0.3) is 0 Å². The van der Waals surface area contributed by atoms with Gasteiger partial charge in [-0.05, 0) is 0 Å². The summed E-state index contributed by atoms with van der Waals surface area (Å²) < 4.78 is 0. The van der Waals surface area contributed by atoms with E-state index in [9.17, 15) is 0 Å². The van der Waals surface area contributed by atoms with Crippen LogP contribution in [0.15, 0.2) is 0 Å². The van der Waals surface area contributed by atoms with Crippen molar-refractivity contribution in [1.29, 1.82) is 0 Å². The molecule has 0 amide bonds. The smallest absolute Gasteiger partial charge is 0.367 e. The SMILES string of the molecule is [CH2-]C([CH2-])(C)C.[W+2].